The van der Waals surface area contributed by atoms with Crippen molar-refractivity contribution in [3.05, 3.63) is 34.3 Å². The zero-order valence-corrected chi connectivity index (χ0v) is 12.0. The van der Waals surface area contributed by atoms with Crippen molar-refractivity contribution in [1.29, 1.82) is 0 Å². The molecule has 104 valence electrons. The van der Waals surface area contributed by atoms with E-state index in [4.69, 9.17) is 16.7 Å². The van der Waals surface area contributed by atoms with E-state index in [1.54, 1.807) is 18.2 Å². The summed E-state index contributed by atoms with van der Waals surface area (Å²) in [4.78, 5) is 22.9. The molecule has 0 aliphatic rings. The van der Waals surface area contributed by atoms with Crippen LogP contribution < -0.4 is 5.32 Å². The Morgan fingerprint density at radius 2 is 2.00 bits per heavy atom. The molecule has 0 aromatic heterocycles. The number of aryl methyl sites for hydroxylation is 1. The molecule has 0 radical (unpaired) electrons. The molecule has 0 aliphatic heterocycles. The average Bonchev–Trinajstić information content (AvgIpc) is 2.31. The van der Waals surface area contributed by atoms with Crippen LogP contribution in [0.5, 0.6) is 0 Å². The van der Waals surface area contributed by atoms with Gasteiger partial charge in [-0.25, -0.2) is 0 Å². The van der Waals surface area contributed by atoms with Gasteiger partial charge in [-0.3, -0.25) is 9.59 Å². The third-order valence-corrected chi connectivity index (χ3v) is 3.45. The van der Waals surface area contributed by atoms with Crippen LogP contribution in [0.25, 0.3) is 0 Å². The lowest BCUT2D eigenvalue weighted by Gasteiger charge is -2.16. The van der Waals surface area contributed by atoms with Gasteiger partial charge in [-0.05, 0) is 30.5 Å². The second-order valence-corrected chi connectivity index (χ2v) is 5.27. The third kappa shape index (κ3) is 4.24. The lowest BCUT2D eigenvalue weighted by molar-refractivity contribution is -0.142. The van der Waals surface area contributed by atoms with Gasteiger partial charge in [-0.2, -0.15) is 0 Å². The fourth-order valence-electron chi connectivity index (χ4n) is 1.65. The Hall–Kier alpha value is -1.55. The van der Waals surface area contributed by atoms with Gasteiger partial charge < -0.3 is 10.4 Å². The molecule has 19 heavy (non-hydrogen) atoms. The minimum atomic E-state index is -0.905. The van der Waals surface area contributed by atoms with Crippen molar-refractivity contribution in [3.8, 4) is 0 Å². The number of amides is 1. The Bertz CT molecular complexity index is 486. The SMILES string of the molecule is Cc1ccc(C(=O)NCC(C(=O)O)C(C)C)cc1Cl. The Morgan fingerprint density at radius 1 is 1.37 bits per heavy atom. The molecule has 0 bridgehead atoms. The maximum Gasteiger partial charge on any atom is 0.308 e. The Kier molecular flexibility index (Phi) is 5.36. The first-order chi connectivity index (χ1) is 8.82. The number of hydrogen-bond donors (Lipinski definition) is 2. The van der Waals surface area contributed by atoms with Crippen LogP contribution in [0, 0.1) is 18.8 Å². The second-order valence-electron chi connectivity index (χ2n) is 4.86. The molecule has 2 N–H and O–H groups in total. The second kappa shape index (κ2) is 6.57. The van der Waals surface area contributed by atoms with Crippen LogP contribution in [0.1, 0.15) is 29.8 Å². The van der Waals surface area contributed by atoms with Crippen molar-refractivity contribution in [2.24, 2.45) is 11.8 Å². The highest BCUT2D eigenvalue weighted by molar-refractivity contribution is 6.31. The number of aliphatic carboxylic acids is 1. The molecule has 5 heteroatoms. The average molecular weight is 284 g/mol. The van der Waals surface area contributed by atoms with Gasteiger partial charge in [0, 0.05) is 17.1 Å². The molecule has 1 amide bonds. The zero-order chi connectivity index (χ0) is 14.6. The number of carboxylic acids is 1. The maximum absolute atomic E-state index is 11.9. The summed E-state index contributed by atoms with van der Waals surface area (Å²) in [6.45, 7) is 5.59. The van der Waals surface area contributed by atoms with Crippen LogP contribution in [-0.4, -0.2) is 23.5 Å². The quantitative estimate of drug-likeness (QED) is 0.873. The van der Waals surface area contributed by atoms with Crippen LogP contribution in [-0.2, 0) is 4.79 Å². The molecule has 0 saturated carbocycles. The van der Waals surface area contributed by atoms with E-state index >= 15 is 0 Å². The number of carbonyl (C=O) groups is 2. The van der Waals surface area contributed by atoms with Crippen molar-refractivity contribution in [1.82, 2.24) is 5.32 Å². The molecule has 1 aromatic carbocycles. The number of rotatable bonds is 5. The number of halogens is 1. The summed E-state index contributed by atoms with van der Waals surface area (Å²) in [6.07, 6.45) is 0. The van der Waals surface area contributed by atoms with Gasteiger partial charge >= 0.3 is 5.97 Å². The fraction of sp³-hybridized carbons (Fsp3) is 0.429. The summed E-state index contributed by atoms with van der Waals surface area (Å²) in [6, 6.07) is 5.01. The normalized spacial score (nSPS) is 12.3. The summed E-state index contributed by atoms with van der Waals surface area (Å²) in [5, 5.41) is 12.2. The van der Waals surface area contributed by atoms with Crippen molar-refractivity contribution in [2.45, 2.75) is 20.8 Å². The van der Waals surface area contributed by atoms with Gasteiger partial charge in [0.15, 0.2) is 0 Å². The van der Waals surface area contributed by atoms with E-state index in [1.807, 2.05) is 20.8 Å². The fourth-order valence-corrected chi connectivity index (χ4v) is 1.83. The van der Waals surface area contributed by atoms with Gasteiger partial charge in [-0.15, -0.1) is 0 Å². The Morgan fingerprint density at radius 3 is 2.47 bits per heavy atom. The standard InChI is InChI=1S/C14H18ClNO3/c1-8(2)11(14(18)19)7-16-13(17)10-5-4-9(3)12(15)6-10/h4-6,8,11H,7H2,1-3H3,(H,16,17)(H,18,19). The van der Waals surface area contributed by atoms with Gasteiger partial charge in [0.1, 0.15) is 0 Å². The summed E-state index contributed by atoms with van der Waals surface area (Å²) >= 11 is 5.95. The van der Waals surface area contributed by atoms with Crippen LogP contribution in [0.2, 0.25) is 5.02 Å². The highest BCUT2D eigenvalue weighted by Crippen LogP contribution is 2.17. The molecule has 4 nitrogen and oxygen atoms in total. The van der Waals surface area contributed by atoms with Crippen molar-refractivity contribution < 1.29 is 14.7 Å². The largest absolute Gasteiger partial charge is 0.481 e. The van der Waals surface area contributed by atoms with Gasteiger partial charge in [0.05, 0.1) is 5.92 Å². The minimum absolute atomic E-state index is 0.0422. The van der Waals surface area contributed by atoms with Crippen molar-refractivity contribution >= 4 is 23.5 Å². The molecule has 1 aromatic rings. The molecule has 1 atom stereocenters. The Balaban J connectivity index is 2.69. The molecule has 0 aliphatic carbocycles. The van der Waals surface area contributed by atoms with Gasteiger partial charge in [-0.1, -0.05) is 31.5 Å². The first-order valence-corrected chi connectivity index (χ1v) is 6.48. The topological polar surface area (TPSA) is 66.4 Å². The monoisotopic (exact) mass is 283 g/mol. The maximum atomic E-state index is 11.9. The van der Waals surface area contributed by atoms with Crippen LogP contribution in [0.4, 0.5) is 0 Å². The number of hydrogen-bond acceptors (Lipinski definition) is 2. The van der Waals surface area contributed by atoms with E-state index in [1.165, 1.54) is 0 Å². The minimum Gasteiger partial charge on any atom is -0.481 e. The molecular weight excluding hydrogens is 266 g/mol. The molecule has 0 spiro atoms. The first kappa shape index (κ1) is 15.5. The van der Waals surface area contributed by atoms with Gasteiger partial charge in [0.2, 0.25) is 0 Å². The smallest absolute Gasteiger partial charge is 0.308 e. The van der Waals surface area contributed by atoms with Gasteiger partial charge in [0.25, 0.3) is 5.91 Å². The predicted molar refractivity (Wildman–Crippen MR) is 74.5 cm³/mol. The summed E-state index contributed by atoms with van der Waals surface area (Å²) in [5.74, 6) is -1.85. The van der Waals surface area contributed by atoms with E-state index in [2.05, 4.69) is 5.32 Å². The van der Waals surface area contributed by atoms with Crippen LogP contribution in [0.15, 0.2) is 18.2 Å². The molecule has 1 rings (SSSR count). The predicted octanol–water partition coefficient (Wildman–Crippen LogP) is 2.74. The highest BCUT2D eigenvalue weighted by Gasteiger charge is 2.22. The zero-order valence-electron chi connectivity index (χ0n) is 11.2. The summed E-state index contributed by atoms with van der Waals surface area (Å²) in [7, 11) is 0. The van der Waals surface area contributed by atoms with E-state index in [0.29, 0.717) is 10.6 Å². The lowest BCUT2D eigenvalue weighted by Crippen LogP contribution is -2.35. The van der Waals surface area contributed by atoms with Crippen molar-refractivity contribution in [2.75, 3.05) is 6.54 Å². The molecule has 0 heterocycles. The first-order valence-electron chi connectivity index (χ1n) is 6.10. The third-order valence-electron chi connectivity index (χ3n) is 3.04. The molecular formula is C14H18ClNO3. The van der Waals surface area contributed by atoms with Crippen LogP contribution in [0.3, 0.4) is 0 Å². The van der Waals surface area contributed by atoms with E-state index in [-0.39, 0.29) is 18.4 Å². The van der Waals surface area contributed by atoms with Crippen molar-refractivity contribution in [3.63, 3.8) is 0 Å². The number of benzene rings is 1. The number of carboxylic acid groups (broad SMARTS) is 1. The van der Waals surface area contributed by atoms with E-state index < -0.39 is 11.9 Å². The Labute approximate surface area is 117 Å². The number of nitrogens with one attached hydrogen (secondary N) is 1. The summed E-state index contributed by atoms with van der Waals surface area (Å²) < 4.78 is 0. The molecule has 0 saturated heterocycles. The number of carbonyl (C=O) groups excluding carboxylic acids is 1. The summed E-state index contributed by atoms with van der Waals surface area (Å²) in [5.41, 5.74) is 1.33. The highest BCUT2D eigenvalue weighted by atomic mass is 35.5. The van der Waals surface area contributed by atoms with E-state index in [9.17, 15) is 9.59 Å². The van der Waals surface area contributed by atoms with Crippen LogP contribution >= 0.6 is 11.6 Å². The molecule has 0 fully saturated rings. The molecule has 1 unspecified atom stereocenters. The lowest BCUT2D eigenvalue weighted by atomic mass is 9.96. The van der Waals surface area contributed by atoms with E-state index in [0.717, 1.165) is 5.56 Å².